The molecule has 2 atom stereocenters. The first-order valence-corrected chi connectivity index (χ1v) is 9.21. The molecule has 1 aromatic heterocycles. The van der Waals surface area contributed by atoms with Gasteiger partial charge in [-0.25, -0.2) is 0 Å². The molecule has 0 radical (unpaired) electrons. The minimum atomic E-state index is -0.418. The zero-order valence-electron chi connectivity index (χ0n) is 13.0. The Hall–Kier alpha value is -0.520. The lowest BCUT2D eigenvalue weighted by molar-refractivity contribution is -0.122. The monoisotopic (exact) mass is 310 g/mol. The van der Waals surface area contributed by atoms with Crippen molar-refractivity contribution in [3.63, 3.8) is 0 Å². The number of thioether (sulfide) groups is 1. The average molecular weight is 310 g/mol. The molecule has 2 unspecified atom stereocenters. The van der Waals surface area contributed by atoms with E-state index in [2.05, 4.69) is 18.1 Å². The summed E-state index contributed by atoms with van der Waals surface area (Å²) in [6, 6.07) is 2.06. The van der Waals surface area contributed by atoms with E-state index in [-0.39, 0.29) is 5.60 Å². The van der Waals surface area contributed by atoms with Gasteiger partial charge in [0.2, 0.25) is 0 Å². The quantitative estimate of drug-likeness (QED) is 0.932. The van der Waals surface area contributed by atoms with Crippen LogP contribution in [0.4, 0.5) is 0 Å². The molecular formula is C16H26N2O2S. The Labute approximate surface area is 131 Å². The van der Waals surface area contributed by atoms with Crippen LogP contribution in [0.25, 0.3) is 0 Å². The Morgan fingerprint density at radius 3 is 2.95 bits per heavy atom. The van der Waals surface area contributed by atoms with Crippen LogP contribution in [0, 0.1) is 5.92 Å². The molecule has 4 nitrogen and oxygen atoms in total. The minimum Gasteiger partial charge on any atom is -0.387 e. The zero-order chi connectivity index (χ0) is 14.9. The van der Waals surface area contributed by atoms with Crippen LogP contribution >= 0.6 is 11.8 Å². The van der Waals surface area contributed by atoms with Crippen LogP contribution in [0.2, 0.25) is 0 Å². The third-order valence-corrected chi connectivity index (χ3v) is 6.00. The summed E-state index contributed by atoms with van der Waals surface area (Å²) in [5, 5.41) is 15.3. The Balaban J connectivity index is 1.74. The molecule has 1 aromatic rings. The number of rotatable bonds is 3. The SMILES string of the molecule is CCc1cc(C(O)C2CCOC3(CCSCC3)C2)n(C)n1. The lowest BCUT2D eigenvalue weighted by atomic mass is 9.79. The van der Waals surface area contributed by atoms with E-state index in [0.717, 1.165) is 50.1 Å². The highest BCUT2D eigenvalue weighted by atomic mass is 32.2. The average Bonchev–Trinajstić information content (AvgIpc) is 2.88. The molecular weight excluding hydrogens is 284 g/mol. The fourth-order valence-corrected chi connectivity index (χ4v) is 4.90. The number of hydrogen-bond acceptors (Lipinski definition) is 4. The first-order valence-electron chi connectivity index (χ1n) is 8.06. The highest BCUT2D eigenvalue weighted by Gasteiger charge is 2.41. The van der Waals surface area contributed by atoms with Crippen LogP contribution < -0.4 is 0 Å². The molecule has 1 spiro atoms. The molecule has 3 rings (SSSR count). The smallest absolute Gasteiger partial charge is 0.0986 e. The van der Waals surface area contributed by atoms with Gasteiger partial charge in [-0.05, 0) is 55.6 Å². The largest absolute Gasteiger partial charge is 0.387 e. The van der Waals surface area contributed by atoms with Crippen LogP contribution in [0.5, 0.6) is 0 Å². The maximum absolute atomic E-state index is 10.8. The summed E-state index contributed by atoms with van der Waals surface area (Å²) in [5.74, 6) is 2.67. The van der Waals surface area contributed by atoms with Gasteiger partial charge in [0.15, 0.2) is 0 Å². The van der Waals surface area contributed by atoms with Crippen molar-refractivity contribution in [2.24, 2.45) is 13.0 Å². The number of aliphatic hydroxyl groups is 1. The van der Waals surface area contributed by atoms with E-state index in [1.807, 2.05) is 23.5 Å². The summed E-state index contributed by atoms with van der Waals surface area (Å²) in [6.45, 7) is 2.88. The number of hydrogen-bond donors (Lipinski definition) is 1. The minimum absolute atomic E-state index is 0.0291. The van der Waals surface area contributed by atoms with Crippen LogP contribution in [-0.2, 0) is 18.2 Å². The molecule has 2 fully saturated rings. The second-order valence-electron chi connectivity index (χ2n) is 6.38. The molecule has 0 bridgehead atoms. The van der Waals surface area contributed by atoms with E-state index >= 15 is 0 Å². The van der Waals surface area contributed by atoms with Gasteiger partial charge < -0.3 is 9.84 Å². The molecule has 0 aromatic carbocycles. The summed E-state index contributed by atoms with van der Waals surface area (Å²) >= 11 is 2.02. The Morgan fingerprint density at radius 2 is 2.29 bits per heavy atom. The summed E-state index contributed by atoms with van der Waals surface area (Å²) in [4.78, 5) is 0. The number of ether oxygens (including phenoxy) is 1. The number of aliphatic hydroxyl groups excluding tert-OH is 1. The second kappa shape index (κ2) is 6.31. The Bertz CT molecular complexity index is 477. The molecule has 5 heteroatoms. The van der Waals surface area contributed by atoms with Gasteiger partial charge in [0, 0.05) is 13.7 Å². The van der Waals surface area contributed by atoms with Crippen LogP contribution in [0.1, 0.15) is 50.1 Å². The molecule has 0 aliphatic carbocycles. The van der Waals surface area contributed by atoms with Crippen LogP contribution in [0.15, 0.2) is 6.07 Å². The highest BCUT2D eigenvalue weighted by molar-refractivity contribution is 7.99. The normalized spacial score (nSPS) is 26.9. The van der Waals surface area contributed by atoms with E-state index in [4.69, 9.17) is 4.74 Å². The summed E-state index contributed by atoms with van der Waals surface area (Å²) in [6.07, 6.45) is 4.69. The molecule has 2 aliphatic heterocycles. The summed E-state index contributed by atoms with van der Waals surface area (Å²) < 4.78 is 7.98. The van der Waals surface area contributed by atoms with E-state index in [1.54, 1.807) is 0 Å². The molecule has 2 saturated heterocycles. The predicted octanol–water partition coefficient (Wildman–Crippen LogP) is 2.71. The van der Waals surface area contributed by atoms with Crippen LogP contribution in [-0.4, -0.2) is 38.6 Å². The first kappa shape index (κ1) is 15.4. The van der Waals surface area contributed by atoms with Crippen molar-refractivity contribution in [2.45, 2.75) is 50.7 Å². The van der Waals surface area contributed by atoms with Gasteiger partial charge in [0.05, 0.1) is 23.1 Å². The van der Waals surface area contributed by atoms with Crippen molar-refractivity contribution >= 4 is 11.8 Å². The molecule has 0 amide bonds. The number of aryl methyl sites for hydroxylation is 2. The van der Waals surface area contributed by atoms with Crippen molar-refractivity contribution in [1.82, 2.24) is 9.78 Å². The van der Waals surface area contributed by atoms with Gasteiger partial charge in [-0.2, -0.15) is 16.9 Å². The van der Waals surface area contributed by atoms with Crippen molar-refractivity contribution < 1.29 is 9.84 Å². The van der Waals surface area contributed by atoms with Gasteiger partial charge in [-0.1, -0.05) is 6.92 Å². The zero-order valence-corrected chi connectivity index (χ0v) is 13.9. The number of aromatic nitrogens is 2. The Morgan fingerprint density at radius 1 is 1.52 bits per heavy atom. The van der Waals surface area contributed by atoms with E-state index in [1.165, 1.54) is 11.5 Å². The lowest BCUT2D eigenvalue weighted by Crippen LogP contribution is -2.44. The van der Waals surface area contributed by atoms with Gasteiger partial charge >= 0.3 is 0 Å². The maximum Gasteiger partial charge on any atom is 0.0986 e. The van der Waals surface area contributed by atoms with Crippen LogP contribution in [0.3, 0.4) is 0 Å². The van der Waals surface area contributed by atoms with Gasteiger partial charge in [0.1, 0.15) is 0 Å². The second-order valence-corrected chi connectivity index (χ2v) is 7.60. The molecule has 118 valence electrons. The topological polar surface area (TPSA) is 47.3 Å². The molecule has 2 aliphatic rings. The molecule has 3 heterocycles. The highest BCUT2D eigenvalue weighted by Crippen LogP contribution is 2.43. The maximum atomic E-state index is 10.8. The first-order chi connectivity index (χ1) is 10.1. The lowest BCUT2D eigenvalue weighted by Gasteiger charge is -2.44. The molecule has 1 N–H and O–H groups in total. The van der Waals surface area contributed by atoms with Gasteiger partial charge in [0.25, 0.3) is 0 Å². The molecule has 0 saturated carbocycles. The van der Waals surface area contributed by atoms with E-state index < -0.39 is 6.10 Å². The predicted molar refractivity (Wildman–Crippen MR) is 85.5 cm³/mol. The fraction of sp³-hybridized carbons (Fsp3) is 0.812. The Kier molecular flexibility index (Phi) is 4.62. The third kappa shape index (κ3) is 3.15. The standard InChI is InChI=1S/C16H26N2O2S/c1-3-13-10-14(18(2)17-13)15(19)12-4-7-20-16(11-12)5-8-21-9-6-16/h10,12,15,19H,3-9,11H2,1-2H3. The van der Waals surface area contributed by atoms with Crippen molar-refractivity contribution in [3.05, 3.63) is 17.5 Å². The summed E-state index contributed by atoms with van der Waals surface area (Å²) in [5.41, 5.74) is 2.04. The van der Waals surface area contributed by atoms with Crippen molar-refractivity contribution in [2.75, 3.05) is 18.1 Å². The van der Waals surface area contributed by atoms with E-state index in [9.17, 15) is 5.11 Å². The van der Waals surface area contributed by atoms with Gasteiger partial charge in [-0.15, -0.1) is 0 Å². The number of nitrogens with zero attached hydrogens (tertiary/aromatic N) is 2. The summed E-state index contributed by atoms with van der Waals surface area (Å²) in [7, 11) is 1.93. The van der Waals surface area contributed by atoms with Crippen molar-refractivity contribution in [1.29, 1.82) is 0 Å². The fourth-order valence-electron chi connectivity index (χ4n) is 3.66. The van der Waals surface area contributed by atoms with Gasteiger partial charge in [-0.3, -0.25) is 4.68 Å². The molecule has 21 heavy (non-hydrogen) atoms. The van der Waals surface area contributed by atoms with Crippen molar-refractivity contribution in [3.8, 4) is 0 Å². The third-order valence-electron chi connectivity index (χ3n) is 5.01. The van der Waals surface area contributed by atoms with E-state index in [0.29, 0.717) is 5.92 Å².